The highest BCUT2D eigenvalue weighted by molar-refractivity contribution is 7.99. The summed E-state index contributed by atoms with van der Waals surface area (Å²) in [6, 6.07) is 10.3. The lowest BCUT2D eigenvalue weighted by atomic mass is 10.2. The normalized spacial score (nSPS) is 11.0. The lowest BCUT2D eigenvalue weighted by molar-refractivity contribution is -0.113. The van der Waals surface area contributed by atoms with Crippen LogP contribution in [0.5, 0.6) is 5.75 Å². The van der Waals surface area contributed by atoms with Gasteiger partial charge in [-0.3, -0.25) is 14.7 Å². The molecule has 3 heterocycles. The van der Waals surface area contributed by atoms with E-state index in [1.54, 1.807) is 25.3 Å². The van der Waals surface area contributed by atoms with Gasteiger partial charge < -0.3 is 14.5 Å². The van der Waals surface area contributed by atoms with Crippen LogP contribution in [0.4, 0.5) is 5.69 Å². The molecule has 0 saturated heterocycles. The molecule has 0 aliphatic rings. The Bertz CT molecular complexity index is 1230. The molecule has 0 atom stereocenters. The fourth-order valence-corrected chi connectivity index (χ4v) is 3.48. The average Bonchev–Trinajstić information content (AvgIpc) is 3.35. The molecule has 0 aliphatic carbocycles. The Labute approximate surface area is 169 Å². The van der Waals surface area contributed by atoms with Crippen molar-refractivity contribution in [1.29, 1.82) is 0 Å². The Morgan fingerprint density at radius 2 is 2.17 bits per heavy atom. The van der Waals surface area contributed by atoms with Crippen molar-refractivity contribution in [3.8, 4) is 17.3 Å². The van der Waals surface area contributed by atoms with E-state index in [0.29, 0.717) is 33.8 Å². The van der Waals surface area contributed by atoms with Gasteiger partial charge in [-0.15, -0.1) is 0 Å². The summed E-state index contributed by atoms with van der Waals surface area (Å²) >= 11 is 1.17. The van der Waals surface area contributed by atoms with Crippen LogP contribution in [-0.4, -0.2) is 38.4 Å². The van der Waals surface area contributed by atoms with Crippen molar-refractivity contribution >= 4 is 29.0 Å². The summed E-state index contributed by atoms with van der Waals surface area (Å²) in [5.74, 6) is 1.21. The molecule has 3 aromatic heterocycles. The first kappa shape index (κ1) is 18.8. The third-order valence-electron chi connectivity index (χ3n) is 4.03. The van der Waals surface area contributed by atoms with E-state index in [-0.39, 0.29) is 17.2 Å². The minimum Gasteiger partial charge on any atom is -0.495 e. The fraction of sp³-hybridized carbons (Fsp3) is 0.158. The SMILES string of the molecule is COc1ccc(C)cc1NC(=O)CSc1nc(-c2ccco2)nc2cc(=O)[nH]n12. The highest BCUT2D eigenvalue weighted by Gasteiger charge is 2.15. The number of aromatic amines is 1. The van der Waals surface area contributed by atoms with Crippen molar-refractivity contribution in [2.45, 2.75) is 12.1 Å². The zero-order chi connectivity index (χ0) is 20.4. The van der Waals surface area contributed by atoms with Crippen LogP contribution in [0.25, 0.3) is 17.2 Å². The van der Waals surface area contributed by atoms with Gasteiger partial charge in [0.15, 0.2) is 22.4 Å². The standard InChI is InChI=1S/C19H17N5O4S/c1-11-5-6-13(27-2)12(8-11)20-17(26)10-29-19-22-18(14-4-3-7-28-14)21-15-9-16(25)23-24(15)19/h3-9H,10H2,1-2H3,(H,20,26)(H,23,25). The molecule has 0 bridgehead atoms. The van der Waals surface area contributed by atoms with Gasteiger partial charge in [-0.2, -0.15) is 4.98 Å². The monoisotopic (exact) mass is 411 g/mol. The van der Waals surface area contributed by atoms with Gasteiger partial charge in [0.25, 0.3) is 5.56 Å². The zero-order valence-electron chi connectivity index (χ0n) is 15.6. The molecule has 148 valence electrons. The first-order valence-corrected chi connectivity index (χ1v) is 9.63. The minimum atomic E-state index is -0.313. The van der Waals surface area contributed by atoms with E-state index in [2.05, 4.69) is 20.4 Å². The Balaban J connectivity index is 1.57. The second-order valence-electron chi connectivity index (χ2n) is 6.16. The van der Waals surface area contributed by atoms with Crippen molar-refractivity contribution in [3.05, 3.63) is 58.6 Å². The van der Waals surface area contributed by atoms with Gasteiger partial charge in [-0.1, -0.05) is 17.8 Å². The number of aromatic nitrogens is 4. The number of methoxy groups -OCH3 is 1. The summed E-state index contributed by atoms with van der Waals surface area (Å²) in [5, 5.41) is 5.88. The molecule has 0 radical (unpaired) electrons. The van der Waals surface area contributed by atoms with Gasteiger partial charge in [-0.25, -0.2) is 9.50 Å². The van der Waals surface area contributed by atoms with E-state index in [1.807, 2.05) is 19.1 Å². The van der Waals surface area contributed by atoms with Crippen LogP contribution in [0.2, 0.25) is 0 Å². The van der Waals surface area contributed by atoms with Crippen LogP contribution < -0.4 is 15.6 Å². The number of amides is 1. The van der Waals surface area contributed by atoms with Crippen molar-refractivity contribution < 1.29 is 13.9 Å². The van der Waals surface area contributed by atoms with Crippen molar-refractivity contribution in [1.82, 2.24) is 19.6 Å². The molecule has 0 fully saturated rings. The summed E-state index contributed by atoms with van der Waals surface area (Å²) in [5.41, 5.74) is 1.67. The number of ether oxygens (including phenoxy) is 1. The Hall–Kier alpha value is -3.53. The lowest BCUT2D eigenvalue weighted by Gasteiger charge is -2.11. The van der Waals surface area contributed by atoms with E-state index >= 15 is 0 Å². The van der Waals surface area contributed by atoms with Gasteiger partial charge in [0, 0.05) is 6.07 Å². The number of fused-ring (bicyclic) bond motifs is 1. The molecule has 0 aliphatic heterocycles. The van der Waals surface area contributed by atoms with Gasteiger partial charge in [0.1, 0.15) is 5.75 Å². The number of carbonyl (C=O) groups excluding carboxylic acids is 1. The summed E-state index contributed by atoms with van der Waals surface area (Å²) in [7, 11) is 1.55. The average molecular weight is 411 g/mol. The second kappa shape index (κ2) is 7.84. The Morgan fingerprint density at radius 1 is 1.31 bits per heavy atom. The number of hydrogen-bond donors (Lipinski definition) is 2. The van der Waals surface area contributed by atoms with E-state index in [1.165, 1.54) is 28.6 Å². The highest BCUT2D eigenvalue weighted by atomic mass is 32.2. The van der Waals surface area contributed by atoms with Gasteiger partial charge in [0.2, 0.25) is 5.91 Å². The third kappa shape index (κ3) is 4.02. The number of benzene rings is 1. The molecule has 0 saturated carbocycles. The highest BCUT2D eigenvalue weighted by Crippen LogP contribution is 2.26. The maximum absolute atomic E-state index is 12.5. The lowest BCUT2D eigenvalue weighted by Crippen LogP contribution is -2.16. The van der Waals surface area contributed by atoms with Crippen molar-refractivity contribution in [2.24, 2.45) is 0 Å². The number of furan rings is 1. The van der Waals surface area contributed by atoms with E-state index in [4.69, 9.17) is 9.15 Å². The summed E-state index contributed by atoms with van der Waals surface area (Å²) in [4.78, 5) is 33.0. The predicted molar refractivity (Wildman–Crippen MR) is 108 cm³/mol. The predicted octanol–water partition coefficient (Wildman–Crippen LogP) is 2.73. The van der Waals surface area contributed by atoms with Gasteiger partial charge >= 0.3 is 0 Å². The largest absolute Gasteiger partial charge is 0.495 e. The number of nitrogens with zero attached hydrogens (tertiary/aromatic N) is 3. The number of carbonyl (C=O) groups is 1. The maximum Gasteiger partial charge on any atom is 0.266 e. The van der Waals surface area contributed by atoms with Gasteiger partial charge in [0.05, 0.1) is 24.8 Å². The first-order chi connectivity index (χ1) is 14.0. The molecule has 1 amide bonds. The molecular formula is C19H17N5O4S. The quantitative estimate of drug-likeness (QED) is 0.469. The minimum absolute atomic E-state index is 0.0705. The molecule has 2 N–H and O–H groups in total. The number of hydrogen-bond acceptors (Lipinski definition) is 7. The molecule has 0 unspecified atom stereocenters. The number of H-pyrrole nitrogens is 1. The number of nitrogens with one attached hydrogen (secondary N) is 2. The molecule has 9 nitrogen and oxygen atoms in total. The molecule has 29 heavy (non-hydrogen) atoms. The number of thioether (sulfide) groups is 1. The first-order valence-electron chi connectivity index (χ1n) is 8.64. The van der Waals surface area contributed by atoms with Crippen LogP contribution in [-0.2, 0) is 4.79 Å². The number of anilines is 1. The van der Waals surface area contributed by atoms with E-state index in [0.717, 1.165) is 5.56 Å². The van der Waals surface area contributed by atoms with Crippen LogP contribution in [0.15, 0.2) is 57.0 Å². The van der Waals surface area contributed by atoms with Crippen LogP contribution in [0.3, 0.4) is 0 Å². The molecular weight excluding hydrogens is 394 g/mol. The summed E-state index contributed by atoms with van der Waals surface area (Å²) in [6.07, 6.45) is 1.52. The zero-order valence-corrected chi connectivity index (χ0v) is 16.4. The maximum atomic E-state index is 12.5. The van der Waals surface area contributed by atoms with Crippen LogP contribution in [0.1, 0.15) is 5.56 Å². The fourth-order valence-electron chi connectivity index (χ4n) is 2.73. The third-order valence-corrected chi connectivity index (χ3v) is 4.97. The van der Waals surface area contributed by atoms with E-state index in [9.17, 15) is 9.59 Å². The van der Waals surface area contributed by atoms with Gasteiger partial charge in [-0.05, 0) is 36.8 Å². The summed E-state index contributed by atoms with van der Waals surface area (Å²) < 4.78 is 12.1. The molecule has 4 aromatic rings. The van der Waals surface area contributed by atoms with Crippen LogP contribution >= 0.6 is 11.8 Å². The molecule has 4 rings (SSSR count). The Morgan fingerprint density at radius 3 is 2.93 bits per heavy atom. The van der Waals surface area contributed by atoms with Crippen molar-refractivity contribution in [2.75, 3.05) is 18.2 Å². The smallest absolute Gasteiger partial charge is 0.266 e. The van der Waals surface area contributed by atoms with Crippen LogP contribution in [0, 0.1) is 6.92 Å². The molecule has 10 heteroatoms. The molecule has 0 spiro atoms. The topological polar surface area (TPSA) is 115 Å². The number of rotatable bonds is 6. The van der Waals surface area contributed by atoms with Crippen molar-refractivity contribution in [3.63, 3.8) is 0 Å². The van der Waals surface area contributed by atoms with E-state index < -0.39 is 0 Å². The molecule has 1 aromatic carbocycles. The number of aryl methyl sites for hydroxylation is 1. The second-order valence-corrected chi connectivity index (χ2v) is 7.10. The summed E-state index contributed by atoms with van der Waals surface area (Å²) in [6.45, 7) is 1.93. The Kier molecular flexibility index (Phi) is 5.09.